The maximum atomic E-state index is 5.79. The van der Waals surface area contributed by atoms with Gasteiger partial charge in [-0.15, -0.1) is 0 Å². The molecule has 3 aliphatic rings. The van der Waals surface area contributed by atoms with Gasteiger partial charge < -0.3 is 4.90 Å². The van der Waals surface area contributed by atoms with Crippen LogP contribution >= 0.6 is 24.0 Å². The van der Waals surface area contributed by atoms with Crippen molar-refractivity contribution in [3.63, 3.8) is 0 Å². The second-order valence-electron chi connectivity index (χ2n) is 6.44. The second kappa shape index (κ2) is 5.33. The molecule has 1 saturated heterocycles. The standard InChI is InChI=1S/C19H18N2S2/c22-19-21-12-10-13-5-1-3-7-15(13)17(21)20-11-9-14-6-2-4-8-16(14)18(20)23-19/h1-8,17-18H,9-12H2/t17-,18-/m1/s1. The average Bonchev–Trinajstić information content (AvgIpc) is 2.61. The van der Waals surface area contributed by atoms with Gasteiger partial charge in [-0.3, -0.25) is 4.90 Å². The monoisotopic (exact) mass is 338 g/mol. The van der Waals surface area contributed by atoms with Crippen molar-refractivity contribution in [1.29, 1.82) is 0 Å². The lowest BCUT2D eigenvalue weighted by Gasteiger charge is -2.53. The van der Waals surface area contributed by atoms with E-state index in [1.165, 1.54) is 22.3 Å². The van der Waals surface area contributed by atoms with Crippen molar-refractivity contribution < 1.29 is 0 Å². The van der Waals surface area contributed by atoms with Gasteiger partial charge in [0.1, 0.15) is 10.5 Å². The number of fused-ring (bicyclic) bond motifs is 7. The molecule has 0 amide bonds. The molecule has 116 valence electrons. The highest BCUT2D eigenvalue weighted by molar-refractivity contribution is 8.23. The minimum absolute atomic E-state index is 0.312. The molecule has 23 heavy (non-hydrogen) atoms. The molecule has 0 radical (unpaired) electrons. The van der Waals surface area contributed by atoms with Crippen molar-refractivity contribution in [2.45, 2.75) is 24.4 Å². The van der Waals surface area contributed by atoms with Crippen LogP contribution in [0.5, 0.6) is 0 Å². The van der Waals surface area contributed by atoms with Gasteiger partial charge in [-0.2, -0.15) is 0 Å². The molecule has 5 rings (SSSR count). The first-order valence-corrected chi connectivity index (χ1v) is 9.50. The van der Waals surface area contributed by atoms with Gasteiger partial charge in [-0.05, 0) is 35.1 Å². The molecule has 4 heteroatoms. The van der Waals surface area contributed by atoms with Crippen LogP contribution in [0.2, 0.25) is 0 Å². The summed E-state index contributed by atoms with van der Waals surface area (Å²) in [6, 6.07) is 17.8. The normalized spacial score (nSPS) is 26.1. The van der Waals surface area contributed by atoms with E-state index in [0.717, 1.165) is 30.3 Å². The summed E-state index contributed by atoms with van der Waals surface area (Å²) >= 11 is 7.65. The van der Waals surface area contributed by atoms with Crippen LogP contribution in [0, 0.1) is 0 Å². The zero-order valence-corrected chi connectivity index (χ0v) is 14.4. The molecule has 2 nitrogen and oxygen atoms in total. The average molecular weight is 339 g/mol. The number of thiocarbonyl (C=S) groups is 1. The molecular weight excluding hydrogens is 320 g/mol. The fraction of sp³-hybridized carbons (Fsp3) is 0.316. The van der Waals surface area contributed by atoms with Crippen LogP contribution in [-0.2, 0) is 12.8 Å². The Bertz CT molecular complexity index is 788. The third-order valence-electron chi connectivity index (χ3n) is 5.27. The summed E-state index contributed by atoms with van der Waals surface area (Å²) in [6.45, 7) is 2.14. The van der Waals surface area contributed by atoms with E-state index in [0.29, 0.717) is 11.5 Å². The molecule has 0 aromatic heterocycles. The highest BCUT2D eigenvalue weighted by Gasteiger charge is 2.44. The maximum Gasteiger partial charge on any atom is 0.139 e. The van der Waals surface area contributed by atoms with E-state index in [9.17, 15) is 0 Å². The Morgan fingerprint density at radius 3 is 2.35 bits per heavy atom. The molecule has 1 fully saturated rings. The lowest BCUT2D eigenvalue weighted by Crippen LogP contribution is -2.53. The smallest absolute Gasteiger partial charge is 0.139 e. The third kappa shape index (κ3) is 2.09. The minimum Gasteiger partial charge on any atom is -0.337 e. The van der Waals surface area contributed by atoms with Gasteiger partial charge >= 0.3 is 0 Å². The van der Waals surface area contributed by atoms with Crippen molar-refractivity contribution in [2.24, 2.45) is 0 Å². The van der Waals surface area contributed by atoms with E-state index in [-0.39, 0.29) is 0 Å². The number of nitrogens with zero attached hydrogens (tertiary/aromatic N) is 2. The fourth-order valence-electron chi connectivity index (χ4n) is 4.19. The molecule has 0 unspecified atom stereocenters. The highest BCUT2D eigenvalue weighted by atomic mass is 32.2. The topological polar surface area (TPSA) is 6.48 Å². The Labute approximate surface area is 146 Å². The van der Waals surface area contributed by atoms with E-state index < -0.39 is 0 Å². The van der Waals surface area contributed by atoms with Crippen LogP contribution < -0.4 is 0 Å². The first-order chi connectivity index (χ1) is 11.3. The Hall–Kier alpha value is -1.36. The van der Waals surface area contributed by atoms with Crippen LogP contribution in [0.3, 0.4) is 0 Å². The summed E-state index contributed by atoms with van der Waals surface area (Å²) in [4.78, 5) is 5.09. The van der Waals surface area contributed by atoms with E-state index in [2.05, 4.69) is 58.3 Å². The Morgan fingerprint density at radius 1 is 0.870 bits per heavy atom. The summed E-state index contributed by atoms with van der Waals surface area (Å²) in [5.74, 6) is 0. The van der Waals surface area contributed by atoms with Crippen LogP contribution in [0.15, 0.2) is 48.5 Å². The molecule has 2 aromatic rings. The van der Waals surface area contributed by atoms with Gasteiger partial charge in [-0.1, -0.05) is 72.5 Å². The lowest BCUT2D eigenvalue weighted by molar-refractivity contribution is 0.0638. The fourth-order valence-corrected chi connectivity index (χ4v) is 5.88. The maximum absolute atomic E-state index is 5.79. The van der Waals surface area contributed by atoms with Crippen LogP contribution in [-0.4, -0.2) is 27.2 Å². The third-order valence-corrected chi connectivity index (χ3v) is 6.98. The SMILES string of the molecule is S=C1S[C@@H]2c3ccccc3CCN2[C@H]2c3ccccc3CCN12. The molecule has 3 aliphatic heterocycles. The summed E-state index contributed by atoms with van der Waals surface area (Å²) in [7, 11) is 0. The minimum atomic E-state index is 0.312. The first-order valence-electron chi connectivity index (χ1n) is 8.21. The summed E-state index contributed by atoms with van der Waals surface area (Å²) < 4.78 is 1.06. The lowest BCUT2D eigenvalue weighted by atomic mass is 9.93. The predicted octanol–water partition coefficient (Wildman–Crippen LogP) is 4.13. The zero-order chi connectivity index (χ0) is 15.4. The van der Waals surface area contributed by atoms with E-state index >= 15 is 0 Å². The molecule has 0 spiro atoms. The van der Waals surface area contributed by atoms with Gasteiger partial charge in [-0.25, -0.2) is 0 Å². The number of hydrogen-bond acceptors (Lipinski definition) is 3. The number of rotatable bonds is 0. The van der Waals surface area contributed by atoms with Gasteiger partial charge in [0, 0.05) is 13.1 Å². The van der Waals surface area contributed by atoms with Crippen molar-refractivity contribution in [2.75, 3.05) is 13.1 Å². The Balaban J connectivity index is 1.64. The molecule has 2 atom stereocenters. The quantitative estimate of drug-likeness (QED) is 0.666. The Kier molecular flexibility index (Phi) is 3.25. The van der Waals surface area contributed by atoms with Crippen molar-refractivity contribution in [3.8, 4) is 0 Å². The van der Waals surface area contributed by atoms with E-state index in [1.807, 2.05) is 11.8 Å². The number of hydrogen-bond donors (Lipinski definition) is 0. The number of thioether (sulfide) groups is 1. The van der Waals surface area contributed by atoms with Crippen molar-refractivity contribution >= 4 is 28.3 Å². The first kappa shape index (κ1) is 14.0. The van der Waals surface area contributed by atoms with Crippen LogP contribution in [0.25, 0.3) is 0 Å². The van der Waals surface area contributed by atoms with Gasteiger partial charge in [0.05, 0.1) is 5.37 Å². The van der Waals surface area contributed by atoms with E-state index in [1.54, 1.807) is 0 Å². The molecule has 0 bridgehead atoms. The van der Waals surface area contributed by atoms with Crippen molar-refractivity contribution in [1.82, 2.24) is 9.80 Å². The van der Waals surface area contributed by atoms with Gasteiger partial charge in [0.2, 0.25) is 0 Å². The second-order valence-corrected chi connectivity index (χ2v) is 8.15. The molecule has 0 aliphatic carbocycles. The van der Waals surface area contributed by atoms with Crippen LogP contribution in [0.1, 0.15) is 33.8 Å². The van der Waals surface area contributed by atoms with Crippen LogP contribution in [0.4, 0.5) is 0 Å². The summed E-state index contributed by atoms with van der Waals surface area (Å²) in [5.41, 5.74) is 5.88. The molecule has 0 saturated carbocycles. The summed E-state index contributed by atoms with van der Waals surface area (Å²) in [5, 5.41) is 0.361. The van der Waals surface area contributed by atoms with Gasteiger partial charge in [0.15, 0.2) is 0 Å². The van der Waals surface area contributed by atoms with Crippen molar-refractivity contribution in [3.05, 3.63) is 70.8 Å². The molecule has 0 N–H and O–H groups in total. The largest absolute Gasteiger partial charge is 0.337 e. The summed E-state index contributed by atoms with van der Waals surface area (Å²) in [6.07, 6.45) is 2.54. The zero-order valence-electron chi connectivity index (χ0n) is 12.8. The van der Waals surface area contributed by atoms with Gasteiger partial charge in [0.25, 0.3) is 0 Å². The predicted molar refractivity (Wildman–Crippen MR) is 99.4 cm³/mol. The van der Waals surface area contributed by atoms with E-state index in [4.69, 9.17) is 12.2 Å². The molecule has 3 heterocycles. The molecular formula is C19H18N2S2. The Morgan fingerprint density at radius 2 is 1.52 bits per heavy atom. The molecule has 2 aromatic carbocycles. The highest BCUT2D eigenvalue weighted by Crippen LogP contribution is 2.50. The number of benzene rings is 2.